The Balaban J connectivity index is 2.25. The first-order chi connectivity index (χ1) is 12.5. The summed E-state index contributed by atoms with van der Waals surface area (Å²) in [6.45, 7) is -2.32. The van der Waals surface area contributed by atoms with Crippen molar-refractivity contribution >= 4 is 17.9 Å². The summed E-state index contributed by atoms with van der Waals surface area (Å²) in [5, 5.41) is 3.89. The van der Waals surface area contributed by atoms with Gasteiger partial charge in [0, 0.05) is 24.8 Å². The van der Waals surface area contributed by atoms with Gasteiger partial charge in [-0.25, -0.2) is 9.67 Å². The summed E-state index contributed by atoms with van der Waals surface area (Å²) in [7, 11) is 0. The number of esters is 3. The molecule has 1 fully saturated rings. The molecular formula is C13H17N3O7. The summed E-state index contributed by atoms with van der Waals surface area (Å²) in [6, 6.07) is 0. The van der Waals surface area contributed by atoms with Gasteiger partial charge >= 0.3 is 17.9 Å². The molecule has 2 rings (SSSR count). The molecule has 1 aliphatic heterocycles. The Hall–Kier alpha value is -2.49. The minimum absolute atomic E-state index is 0.367. The van der Waals surface area contributed by atoms with Gasteiger partial charge in [-0.15, -0.1) is 0 Å². The van der Waals surface area contributed by atoms with Crippen LogP contribution < -0.4 is 0 Å². The maximum atomic E-state index is 11.6. The fourth-order valence-electron chi connectivity index (χ4n) is 2.15. The molecule has 2 heterocycles. The van der Waals surface area contributed by atoms with Gasteiger partial charge < -0.3 is 18.9 Å². The van der Waals surface area contributed by atoms with Crippen LogP contribution in [-0.4, -0.2) is 57.6 Å². The van der Waals surface area contributed by atoms with E-state index < -0.39 is 63.1 Å². The number of carbonyl (C=O) groups is 3. The highest BCUT2D eigenvalue weighted by Crippen LogP contribution is 2.33. The van der Waals surface area contributed by atoms with E-state index in [1.807, 2.05) is 0 Å². The Morgan fingerprint density at radius 2 is 1.87 bits per heavy atom. The Labute approximate surface area is 135 Å². The van der Waals surface area contributed by atoms with Gasteiger partial charge in [-0.3, -0.25) is 14.4 Å². The minimum atomic E-state index is -1.20. The molecular weight excluding hydrogens is 310 g/mol. The summed E-state index contributed by atoms with van der Waals surface area (Å²) < 4.78 is 43.2. The van der Waals surface area contributed by atoms with Gasteiger partial charge in [0.1, 0.15) is 25.4 Å². The average molecular weight is 330 g/mol. The van der Waals surface area contributed by atoms with Crippen molar-refractivity contribution in [3.05, 3.63) is 12.7 Å². The molecule has 23 heavy (non-hydrogen) atoms. The lowest BCUT2D eigenvalue weighted by Gasteiger charge is -2.23. The van der Waals surface area contributed by atoms with E-state index in [4.69, 9.17) is 23.1 Å². The van der Waals surface area contributed by atoms with E-state index in [1.165, 1.54) is 17.3 Å². The Kier molecular flexibility index (Phi) is 4.06. The molecule has 1 aliphatic rings. The second-order valence-electron chi connectivity index (χ2n) is 4.53. The highest BCUT2D eigenvalue weighted by atomic mass is 16.7. The molecule has 10 heteroatoms. The fraction of sp³-hybridized carbons (Fsp3) is 0.615. The summed E-state index contributed by atoms with van der Waals surface area (Å²) in [5.74, 6) is -2.61. The van der Waals surface area contributed by atoms with Crippen LogP contribution in [-0.2, 0) is 33.3 Å². The van der Waals surface area contributed by atoms with Crippen LogP contribution in [0, 0.1) is 0 Å². The molecule has 1 aromatic heterocycles. The molecule has 0 aliphatic carbocycles. The molecule has 0 radical (unpaired) electrons. The molecule has 0 aromatic carbocycles. The summed E-state index contributed by atoms with van der Waals surface area (Å²) in [6.07, 6.45) is -1.96. The predicted octanol–water partition coefficient (Wildman–Crippen LogP) is -0.398. The highest BCUT2D eigenvalue weighted by molar-refractivity contribution is 5.67. The van der Waals surface area contributed by atoms with Crippen LogP contribution in [0.25, 0.3) is 0 Å². The van der Waals surface area contributed by atoms with Crippen LogP contribution in [0.5, 0.6) is 0 Å². The normalized spacial score (nSPS) is 28.3. The molecule has 4 atom stereocenters. The average Bonchev–Trinajstić information content (AvgIpc) is 3.28. The van der Waals surface area contributed by atoms with Gasteiger partial charge in [-0.1, -0.05) is 0 Å². The maximum absolute atomic E-state index is 11.6. The van der Waals surface area contributed by atoms with Crippen molar-refractivity contribution in [3.63, 3.8) is 0 Å². The van der Waals surface area contributed by atoms with E-state index >= 15 is 0 Å². The standard InChI is InChI=1S/C13H17N3O7/c1-7(17)20-4-10-11(21-8(2)18)12(22-9(3)19)13(23-10)16-6-14-5-15-16/h5-6,10-13H,4H2,1-3H3/t10-,11-,12-,13?/m1/s1/i1D,2D,3D. The molecule has 1 saturated heterocycles. The van der Waals surface area contributed by atoms with Gasteiger partial charge in [-0.05, 0) is 0 Å². The zero-order chi connectivity index (χ0) is 19.1. The molecule has 0 bridgehead atoms. The quantitative estimate of drug-likeness (QED) is 0.524. The molecule has 0 amide bonds. The van der Waals surface area contributed by atoms with E-state index in [1.54, 1.807) is 0 Å². The zero-order valence-corrected chi connectivity index (χ0v) is 12.0. The van der Waals surface area contributed by atoms with Crippen molar-refractivity contribution in [2.45, 2.75) is 45.2 Å². The highest BCUT2D eigenvalue weighted by Gasteiger charge is 2.50. The molecule has 0 N–H and O–H groups in total. The van der Waals surface area contributed by atoms with Gasteiger partial charge in [0.2, 0.25) is 0 Å². The SMILES string of the molecule is [2H]CC(=O)OC[C@H]1OC(n2cncn2)[C@H](OC(=O)C[2H])[C@@H]1OC(=O)C[2H]. The Morgan fingerprint density at radius 3 is 2.48 bits per heavy atom. The number of rotatable bonds is 5. The second-order valence-corrected chi connectivity index (χ2v) is 4.53. The summed E-state index contributed by atoms with van der Waals surface area (Å²) in [5.41, 5.74) is 0. The van der Waals surface area contributed by atoms with Crippen LogP contribution in [0.1, 0.15) is 31.0 Å². The first-order valence-electron chi connectivity index (χ1n) is 8.54. The van der Waals surface area contributed by atoms with Crippen molar-refractivity contribution in [2.75, 3.05) is 6.61 Å². The molecule has 1 unspecified atom stereocenters. The van der Waals surface area contributed by atoms with Crippen LogP contribution in [0.4, 0.5) is 0 Å². The van der Waals surface area contributed by atoms with Crippen LogP contribution in [0.3, 0.4) is 0 Å². The third kappa shape index (κ3) is 4.25. The lowest BCUT2D eigenvalue weighted by molar-refractivity contribution is -0.166. The minimum Gasteiger partial charge on any atom is -0.463 e. The third-order valence-corrected chi connectivity index (χ3v) is 2.93. The van der Waals surface area contributed by atoms with E-state index in [0.29, 0.717) is 0 Å². The van der Waals surface area contributed by atoms with Gasteiger partial charge in [0.05, 0.1) is 0 Å². The number of hydrogen-bond donors (Lipinski definition) is 0. The number of carbonyl (C=O) groups excluding carboxylic acids is 3. The zero-order valence-electron chi connectivity index (χ0n) is 15.0. The van der Waals surface area contributed by atoms with Crippen molar-refractivity contribution in [1.29, 1.82) is 0 Å². The fourth-order valence-corrected chi connectivity index (χ4v) is 2.15. The molecule has 1 aromatic rings. The van der Waals surface area contributed by atoms with Crippen LogP contribution >= 0.6 is 0 Å². The predicted molar refractivity (Wildman–Crippen MR) is 71.7 cm³/mol. The Bertz CT molecular complexity index is 631. The molecule has 10 nitrogen and oxygen atoms in total. The molecule has 0 spiro atoms. The topological polar surface area (TPSA) is 119 Å². The number of nitrogens with zero attached hydrogens (tertiary/aromatic N) is 3. The number of hydrogen-bond acceptors (Lipinski definition) is 9. The van der Waals surface area contributed by atoms with Crippen molar-refractivity contribution < 1.29 is 37.4 Å². The summed E-state index contributed by atoms with van der Waals surface area (Å²) >= 11 is 0. The largest absolute Gasteiger partial charge is 0.463 e. The maximum Gasteiger partial charge on any atom is 0.303 e. The van der Waals surface area contributed by atoms with Gasteiger partial charge in [0.25, 0.3) is 0 Å². The summed E-state index contributed by atoms with van der Waals surface area (Å²) in [4.78, 5) is 38.2. The monoisotopic (exact) mass is 330 g/mol. The van der Waals surface area contributed by atoms with Crippen molar-refractivity contribution in [2.24, 2.45) is 0 Å². The third-order valence-electron chi connectivity index (χ3n) is 2.93. The van der Waals surface area contributed by atoms with Crippen molar-refractivity contribution in [3.8, 4) is 0 Å². The second kappa shape index (κ2) is 7.18. The molecule has 126 valence electrons. The van der Waals surface area contributed by atoms with Crippen LogP contribution in [0.15, 0.2) is 12.7 Å². The van der Waals surface area contributed by atoms with Crippen LogP contribution in [0.2, 0.25) is 0 Å². The first-order valence-corrected chi connectivity index (χ1v) is 6.42. The smallest absolute Gasteiger partial charge is 0.303 e. The van der Waals surface area contributed by atoms with E-state index in [-0.39, 0.29) is 6.61 Å². The van der Waals surface area contributed by atoms with E-state index in [0.717, 1.165) is 0 Å². The number of aromatic nitrogens is 3. The lowest BCUT2D eigenvalue weighted by Crippen LogP contribution is -2.40. The van der Waals surface area contributed by atoms with Gasteiger partial charge in [0.15, 0.2) is 18.4 Å². The van der Waals surface area contributed by atoms with Gasteiger partial charge in [-0.2, -0.15) is 5.10 Å². The van der Waals surface area contributed by atoms with Crippen molar-refractivity contribution in [1.82, 2.24) is 14.8 Å². The molecule has 0 saturated carbocycles. The van der Waals surface area contributed by atoms with E-state index in [9.17, 15) is 14.4 Å². The van der Waals surface area contributed by atoms with E-state index in [2.05, 4.69) is 10.1 Å². The lowest BCUT2D eigenvalue weighted by atomic mass is 10.1. The Morgan fingerprint density at radius 1 is 1.17 bits per heavy atom. The number of ether oxygens (including phenoxy) is 4. The first kappa shape index (κ1) is 13.0.